The molecule has 0 saturated carbocycles. The van der Waals surface area contributed by atoms with Gasteiger partial charge < -0.3 is 11.2 Å². The van der Waals surface area contributed by atoms with Gasteiger partial charge in [0.15, 0.2) is 5.16 Å². The molecule has 27 heavy (non-hydrogen) atoms. The Bertz CT molecular complexity index is 983. The maximum atomic E-state index is 12.8. The van der Waals surface area contributed by atoms with Crippen LogP contribution in [0.25, 0.3) is 21.3 Å². The third-order valence-electron chi connectivity index (χ3n) is 4.13. The predicted octanol–water partition coefficient (Wildman–Crippen LogP) is 3.24. The van der Waals surface area contributed by atoms with Crippen molar-refractivity contribution in [2.75, 3.05) is 18.1 Å². The number of nitrogens with zero attached hydrogens (tertiary/aromatic N) is 2. The minimum atomic E-state index is -0.300. The Kier molecular flexibility index (Phi) is 6.52. The number of nitrogens with two attached hydrogens (primary N) is 1. The van der Waals surface area contributed by atoms with Crippen LogP contribution in [0.2, 0.25) is 0 Å². The second-order valence-corrected chi connectivity index (χ2v) is 7.91. The van der Waals surface area contributed by atoms with Crippen molar-refractivity contribution in [2.45, 2.75) is 31.3 Å². The van der Waals surface area contributed by atoms with E-state index < -0.39 is 0 Å². The lowest BCUT2D eigenvalue weighted by molar-refractivity contribution is -0.118. The van der Waals surface area contributed by atoms with Crippen molar-refractivity contribution in [3.63, 3.8) is 0 Å². The van der Waals surface area contributed by atoms with E-state index in [1.807, 2.05) is 35.7 Å². The molecule has 0 bridgehead atoms. The smallest absolute Gasteiger partial charge is 0.282 e. The average Bonchev–Trinajstić information content (AvgIpc) is 3.11. The number of hydrogen-bond donors (Lipinski definition) is 2. The number of carbonyl (C=O) groups is 1. The van der Waals surface area contributed by atoms with Gasteiger partial charge in [-0.25, -0.2) is 9.66 Å². The number of nitrogen functional groups attached to an aromatic ring is 1. The van der Waals surface area contributed by atoms with Gasteiger partial charge in [-0.2, -0.15) is 0 Å². The minimum Gasteiger partial charge on any atom is -0.355 e. The largest absolute Gasteiger partial charge is 0.355 e. The molecule has 0 aliphatic carbocycles. The summed E-state index contributed by atoms with van der Waals surface area (Å²) in [6, 6.07) is 9.69. The van der Waals surface area contributed by atoms with Crippen LogP contribution in [0.4, 0.5) is 0 Å². The number of unbranched alkanes of at least 4 members (excludes halogenated alkanes) is 2. The van der Waals surface area contributed by atoms with Gasteiger partial charge in [0.1, 0.15) is 4.83 Å². The zero-order valence-electron chi connectivity index (χ0n) is 15.1. The Morgan fingerprint density at radius 1 is 1.30 bits per heavy atom. The summed E-state index contributed by atoms with van der Waals surface area (Å²) >= 11 is 2.58. The number of rotatable bonds is 8. The first kappa shape index (κ1) is 19.4. The zero-order chi connectivity index (χ0) is 19.2. The topological polar surface area (TPSA) is 90.0 Å². The second-order valence-electron chi connectivity index (χ2n) is 6.11. The van der Waals surface area contributed by atoms with Crippen molar-refractivity contribution in [3.05, 3.63) is 46.1 Å². The summed E-state index contributed by atoms with van der Waals surface area (Å²) in [7, 11) is 0. The van der Waals surface area contributed by atoms with Gasteiger partial charge in [-0.15, -0.1) is 11.3 Å². The highest BCUT2D eigenvalue weighted by Gasteiger charge is 2.16. The number of fused-ring (bicyclic) bond motifs is 1. The molecule has 1 amide bonds. The molecule has 0 radical (unpaired) electrons. The number of benzene rings is 1. The molecule has 2 aromatic heterocycles. The van der Waals surface area contributed by atoms with Gasteiger partial charge >= 0.3 is 0 Å². The number of nitrogens with one attached hydrogen (secondary N) is 1. The first-order chi connectivity index (χ1) is 13.1. The molecule has 8 heteroatoms. The van der Waals surface area contributed by atoms with Crippen LogP contribution in [0, 0.1) is 0 Å². The van der Waals surface area contributed by atoms with Crippen molar-refractivity contribution < 1.29 is 4.79 Å². The summed E-state index contributed by atoms with van der Waals surface area (Å²) in [5, 5.41) is 5.65. The molecule has 0 aliphatic rings. The second kappa shape index (κ2) is 9.05. The van der Waals surface area contributed by atoms with Gasteiger partial charge in [0, 0.05) is 17.5 Å². The fraction of sp³-hybridized carbons (Fsp3) is 0.316. The van der Waals surface area contributed by atoms with E-state index in [9.17, 15) is 9.59 Å². The standard InChI is InChI=1S/C19H22N4O2S2/c1-2-3-7-10-21-15(24)12-27-19-22-17-16(18(25)23(19)20)14(11-26-17)13-8-5-4-6-9-13/h4-6,8-9,11H,2-3,7,10,12,20H2,1H3,(H,21,24). The van der Waals surface area contributed by atoms with Crippen molar-refractivity contribution in [1.82, 2.24) is 15.0 Å². The SMILES string of the molecule is CCCCCNC(=O)CSc1nc2scc(-c3ccccc3)c2c(=O)n1N. The van der Waals surface area contributed by atoms with E-state index >= 15 is 0 Å². The molecule has 1 aromatic carbocycles. The Balaban J connectivity index is 1.78. The maximum absolute atomic E-state index is 12.8. The van der Waals surface area contributed by atoms with Crippen LogP contribution in [0.1, 0.15) is 26.2 Å². The summed E-state index contributed by atoms with van der Waals surface area (Å²) in [5.74, 6) is 6.07. The molecule has 3 N–H and O–H groups in total. The van der Waals surface area contributed by atoms with E-state index in [0.717, 1.165) is 35.1 Å². The van der Waals surface area contributed by atoms with E-state index in [2.05, 4.69) is 17.2 Å². The third kappa shape index (κ3) is 4.51. The number of hydrogen-bond acceptors (Lipinski definition) is 6. The van der Waals surface area contributed by atoms with Gasteiger partial charge in [-0.3, -0.25) is 9.59 Å². The molecule has 0 fully saturated rings. The summed E-state index contributed by atoms with van der Waals surface area (Å²) in [5.41, 5.74) is 1.48. The molecular weight excluding hydrogens is 380 g/mol. The van der Waals surface area contributed by atoms with Gasteiger partial charge in [0.2, 0.25) is 5.91 Å². The van der Waals surface area contributed by atoms with E-state index in [1.54, 1.807) is 0 Å². The van der Waals surface area contributed by atoms with Crippen LogP contribution < -0.4 is 16.7 Å². The average molecular weight is 403 g/mol. The molecule has 3 aromatic rings. The van der Waals surface area contributed by atoms with E-state index in [1.165, 1.54) is 23.1 Å². The summed E-state index contributed by atoms with van der Waals surface area (Å²) in [6.45, 7) is 2.79. The molecule has 6 nitrogen and oxygen atoms in total. The summed E-state index contributed by atoms with van der Waals surface area (Å²) < 4.78 is 1.04. The highest BCUT2D eigenvalue weighted by atomic mass is 32.2. The Hall–Kier alpha value is -2.32. The molecule has 0 saturated heterocycles. The molecule has 0 spiro atoms. The highest BCUT2D eigenvalue weighted by molar-refractivity contribution is 7.99. The molecule has 0 aliphatic heterocycles. The molecule has 2 heterocycles. The number of aromatic nitrogens is 2. The third-order valence-corrected chi connectivity index (χ3v) is 5.95. The van der Waals surface area contributed by atoms with E-state index in [4.69, 9.17) is 5.84 Å². The van der Waals surface area contributed by atoms with Crippen molar-refractivity contribution in [3.8, 4) is 11.1 Å². The number of thiophene rings is 1. The van der Waals surface area contributed by atoms with Gasteiger partial charge in [0.05, 0.1) is 11.1 Å². The lowest BCUT2D eigenvalue weighted by Crippen LogP contribution is -2.31. The van der Waals surface area contributed by atoms with Crippen LogP contribution in [0.15, 0.2) is 45.7 Å². The van der Waals surface area contributed by atoms with Crippen molar-refractivity contribution in [2.24, 2.45) is 0 Å². The quantitative estimate of drug-likeness (QED) is 0.261. The van der Waals surface area contributed by atoms with Crippen LogP contribution in [-0.2, 0) is 4.79 Å². The number of thioether (sulfide) groups is 1. The lowest BCUT2D eigenvalue weighted by Gasteiger charge is -2.08. The summed E-state index contributed by atoms with van der Waals surface area (Å²) in [6.07, 6.45) is 3.17. The fourth-order valence-electron chi connectivity index (χ4n) is 2.70. The fourth-order valence-corrected chi connectivity index (χ4v) is 4.44. The maximum Gasteiger partial charge on any atom is 0.282 e. The Morgan fingerprint density at radius 3 is 2.81 bits per heavy atom. The van der Waals surface area contributed by atoms with Crippen molar-refractivity contribution >= 4 is 39.2 Å². The van der Waals surface area contributed by atoms with Gasteiger partial charge in [0.25, 0.3) is 5.56 Å². The lowest BCUT2D eigenvalue weighted by atomic mass is 10.1. The minimum absolute atomic E-state index is 0.0818. The first-order valence-corrected chi connectivity index (χ1v) is 10.7. The van der Waals surface area contributed by atoms with Crippen LogP contribution in [0.3, 0.4) is 0 Å². The van der Waals surface area contributed by atoms with E-state index in [-0.39, 0.29) is 17.2 Å². The molecule has 0 unspecified atom stereocenters. The molecule has 0 atom stereocenters. The molecule has 142 valence electrons. The van der Waals surface area contributed by atoms with Gasteiger partial charge in [-0.05, 0) is 12.0 Å². The number of amides is 1. The van der Waals surface area contributed by atoms with Crippen LogP contribution >= 0.6 is 23.1 Å². The predicted molar refractivity (Wildman–Crippen MR) is 113 cm³/mol. The monoisotopic (exact) mass is 402 g/mol. The zero-order valence-corrected chi connectivity index (χ0v) is 16.7. The first-order valence-electron chi connectivity index (χ1n) is 8.86. The van der Waals surface area contributed by atoms with E-state index in [0.29, 0.717) is 21.9 Å². The van der Waals surface area contributed by atoms with Crippen LogP contribution in [-0.4, -0.2) is 27.9 Å². The number of carbonyl (C=O) groups excluding carboxylic acids is 1. The highest BCUT2D eigenvalue weighted by Crippen LogP contribution is 2.31. The molecule has 3 rings (SSSR count). The Labute approximate surface area is 165 Å². The molecular formula is C19H22N4O2S2. The van der Waals surface area contributed by atoms with Crippen LogP contribution in [0.5, 0.6) is 0 Å². The summed E-state index contributed by atoms with van der Waals surface area (Å²) in [4.78, 5) is 29.9. The van der Waals surface area contributed by atoms with Gasteiger partial charge in [-0.1, -0.05) is 61.9 Å². The Morgan fingerprint density at radius 2 is 2.07 bits per heavy atom. The van der Waals surface area contributed by atoms with Crippen molar-refractivity contribution in [1.29, 1.82) is 0 Å². The normalized spacial score (nSPS) is 11.0.